The first-order chi connectivity index (χ1) is 10.3. The third-order valence-corrected chi connectivity index (χ3v) is 4.30. The molecule has 0 aliphatic heterocycles. The van der Waals surface area contributed by atoms with E-state index in [0.29, 0.717) is 18.5 Å². The number of benzene rings is 1. The summed E-state index contributed by atoms with van der Waals surface area (Å²) in [5.41, 5.74) is 7.12. The van der Waals surface area contributed by atoms with Gasteiger partial charge in [-0.15, -0.1) is 0 Å². The standard InChI is InChI=1S/C17H28N2O2/c1-2-10-21-15-8-6-13(7-9-15)17(11-18)19-16-5-3-4-14(16)12-20/h6-9,14,16-17,19-20H,2-5,10-12,18H2,1H3. The molecule has 21 heavy (non-hydrogen) atoms. The van der Waals surface area contributed by atoms with Crippen LogP contribution < -0.4 is 15.8 Å². The Hall–Kier alpha value is -1.10. The summed E-state index contributed by atoms with van der Waals surface area (Å²) in [6.45, 7) is 3.67. The predicted molar refractivity (Wildman–Crippen MR) is 85.4 cm³/mol. The lowest BCUT2D eigenvalue weighted by Gasteiger charge is -2.26. The molecule has 1 aliphatic carbocycles. The second-order valence-corrected chi connectivity index (χ2v) is 5.85. The van der Waals surface area contributed by atoms with Gasteiger partial charge in [0.1, 0.15) is 5.75 Å². The zero-order chi connectivity index (χ0) is 15.1. The van der Waals surface area contributed by atoms with E-state index in [-0.39, 0.29) is 12.6 Å². The highest BCUT2D eigenvalue weighted by Gasteiger charge is 2.28. The minimum atomic E-state index is 0.141. The SMILES string of the molecule is CCCOc1ccc(C(CN)NC2CCCC2CO)cc1. The summed E-state index contributed by atoms with van der Waals surface area (Å²) in [5.74, 6) is 1.27. The highest BCUT2D eigenvalue weighted by Crippen LogP contribution is 2.28. The number of hydrogen-bond donors (Lipinski definition) is 3. The second kappa shape index (κ2) is 8.37. The Morgan fingerprint density at radius 1 is 1.33 bits per heavy atom. The van der Waals surface area contributed by atoms with Crippen LogP contribution in [0.5, 0.6) is 5.75 Å². The maximum absolute atomic E-state index is 9.42. The number of aliphatic hydroxyl groups excluding tert-OH is 1. The van der Waals surface area contributed by atoms with Crippen LogP contribution in [0.25, 0.3) is 0 Å². The van der Waals surface area contributed by atoms with E-state index in [2.05, 4.69) is 24.4 Å². The van der Waals surface area contributed by atoms with E-state index >= 15 is 0 Å². The Morgan fingerprint density at radius 3 is 2.71 bits per heavy atom. The largest absolute Gasteiger partial charge is 0.494 e. The van der Waals surface area contributed by atoms with E-state index in [0.717, 1.165) is 31.6 Å². The van der Waals surface area contributed by atoms with Gasteiger partial charge in [0.25, 0.3) is 0 Å². The summed E-state index contributed by atoms with van der Waals surface area (Å²) in [6.07, 6.45) is 4.43. The van der Waals surface area contributed by atoms with Gasteiger partial charge in [0.15, 0.2) is 0 Å². The number of nitrogens with one attached hydrogen (secondary N) is 1. The normalized spacial score (nSPS) is 23.2. The molecule has 2 rings (SSSR count). The molecule has 4 heteroatoms. The van der Waals surface area contributed by atoms with Gasteiger partial charge in [0, 0.05) is 25.2 Å². The van der Waals surface area contributed by atoms with Gasteiger partial charge in [-0.3, -0.25) is 0 Å². The van der Waals surface area contributed by atoms with Crippen molar-refractivity contribution in [1.29, 1.82) is 0 Å². The van der Waals surface area contributed by atoms with Crippen LogP contribution >= 0.6 is 0 Å². The summed E-state index contributed by atoms with van der Waals surface area (Å²) in [5, 5.41) is 13.0. The minimum Gasteiger partial charge on any atom is -0.494 e. The maximum atomic E-state index is 9.42. The Kier molecular flexibility index (Phi) is 6.49. The van der Waals surface area contributed by atoms with Crippen molar-refractivity contribution in [2.24, 2.45) is 11.7 Å². The number of rotatable bonds is 8. The molecular weight excluding hydrogens is 264 g/mol. The van der Waals surface area contributed by atoms with Crippen molar-refractivity contribution in [3.05, 3.63) is 29.8 Å². The Morgan fingerprint density at radius 2 is 2.10 bits per heavy atom. The molecule has 1 fully saturated rings. The van der Waals surface area contributed by atoms with Gasteiger partial charge in [-0.1, -0.05) is 25.5 Å². The molecular formula is C17H28N2O2. The molecule has 1 aliphatic rings. The monoisotopic (exact) mass is 292 g/mol. The van der Waals surface area contributed by atoms with Crippen molar-refractivity contribution in [2.75, 3.05) is 19.8 Å². The van der Waals surface area contributed by atoms with Crippen molar-refractivity contribution in [2.45, 2.75) is 44.7 Å². The summed E-state index contributed by atoms with van der Waals surface area (Å²) in [6, 6.07) is 8.69. The Balaban J connectivity index is 1.96. The van der Waals surface area contributed by atoms with E-state index in [9.17, 15) is 5.11 Å². The molecule has 4 nitrogen and oxygen atoms in total. The number of nitrogens with two attached hydrogens (primary N) is 1. The fourth-order valence-corrected chi connectivity index (χ4v) is 3.05. The van der Waals surface area contributed by atoms with Crippen LogP contribution in [0.15, 0.2) is 24.3 Å². The van der Waals surface area contributed by atoms with E-state index in [4.69, 9.17) is 10.5 Å². The van der Waals surface area contributed by atoms with E-state index in [1.165, 1.54) is 12.0 Å². The quantitative estimate of drug-likeness (QED) is 0.687. The molecule has 0 aromatic heterocycles. The van der Waals surface area contributed by atoms with Crippen LogP contribution in [0.4, 0.5) is 0 Å². The topological polar surface area (TPSA) is 67.5 Å². The second-order valence-electron chi connectivity index (χ2n) is 5.85. The lowest BCUT2D eigenvalue weighted by Crippen LogP contribution is -2.39. The molecule has 1 saturated carbocycles. The summed E-state index contributed by atoms with van der Waals surface area (Å²) < 4.78 is 5.61. The van der Waals surface area contributed by atoms with Crippen LogP contribution in [0.3, 0.4) is 0 Å². The zero-order valence-electron chi connectivity index (χ0n) is 12.9. The first kappa shape index (κ1) is 16.3. The van der Waals surface area contributed by atoms with E-state index < -0.39 is 0 Å². The molecule has 4 N–H and O–H groups in total. The third-order valence-electron chi connectivity index (χ3n) is 4.30. The lowest BCUT2D eigenvalue weighted by molar-refractivity contribution is 0.199. The summed E-state index contributed by atoms with van der Waals surface area (Å²) in [7, 11) is 0. The van der Waals surface area contributed by atoms with Crippen LogP contribution in [0.2, 0.25) is 0 Å². The highest BCUT2D eigenvalue weighted by molar-refractivity contribution is 5.29. The molecule has 3 unspecified atom stereocenters. The molecule has 0 heterocycles. The van der Waals surface area contributed by atoms with Crippen molar-refractivity contribution in [3.8, 4) is 5.75 Å². The van der Waals surface area contributed by atoms with Crippen LogP contribution in [-0.4, -0.2) is 30.9 Å². The molecule has 0 bridgehead atoms. The van der Waals surface area contributed by atoms with Gasteiger partial charge >= 0.3 is 0 Å². The van der Waals surface area contributed by atoms with Crippen molar-refractivity contribution < 1.29 is 9.84 Å². The van der Waals surface area contributed by atoms with Crippen LogP contribution in [-0.2, 0) is 0 Å². The van der Waals surface area contributed by atoms with Gasteiger partial charge in [-0.25, -0.2) is 0 Å². The van der Waals surface area contributed by atoms with Crippen molar-refractivity contribution in [1.82, 2.24) is 5.32 Å². The molecule has 0 spiro atoms. The highest BCUT2D eigenvalue weighted by atomic mass is 16.5. The van der Waals surface area contributed by atoms with Gasteiger partial charge < -0.3 is 20.9 Å². The third kappa shape index (κ3) is 4.43. The molecule has 1 aromatic rings. The molecule has 0 amide bonds. The van der Waals surface area contributed by atoms with Gasteiger partial charge in [-0.2, -0.15) is 0 Å². The average Bonchev–Trinajstić information content (AvgIpc) is 2.98. The van der Waals surface area contributed by atoms with Gasteiger partial charge in [0.2, 0.25) is 0 Å². The molecule has 1 aromatic carbocycles. The van der Waals surface area contributed by atoms with Crippen LogP contribution in [0, 0.1) is 5.92 Å². The van der Waals surface area contributed by atoms with Crippen LogP contribution in [0.1, 0.15) is 44.2 Å². The van der Waals surface area contributed by atoms with Gasteiger partial charge in [-0.05, 0) is 42.9 Å². The lowest BCUT2D eigenvalue weighted by atomic mass is 10.0. The van der Waals surface area contributed by atoms with Crippen molar-refractivity contribution in [3.63, 3.8) is 0 Å². The van der Waals surface area contributed by atoms with Crippen molar-refractivity contribution >= 4 is 0 Å². The van der Waals surface area contributed by atoms with Gasteiger partial charge in [0.05, 0.1) is 6.61 Å². The molecule has 3 atom stereocenters. The maximum Gasteiger partial charge on any atom is 0.119 e. The number of ether oxygens (including phenoxy) is 1. The zero-order valence-corrected chi connectivity index (χ0v) is 12.9. The summed E-state index contributed by atoms with van der Waals surface area (Å²) in [4.78, 5) is 0. The fourth-order valence-electron chi connectivity index (χ4n) is 3.05. The fraction of sp³-hybridized carbons (Fsp3) is 0.647. The van der Waals surface area contributed by atoms with E-state index in [1.807, 2.05) is 12.1 Å². The first-order valence-corrected chi connectivity index (χ1v) is 8.08. The first-order valence-electron chi connectivity index (χ1n) is 8.08. The number of hydrogen-bond acceptors (Lipinski definition) is 4. The molecule has 0 saturated heterocycles. The molecule has 118 valence electrons. The smallest absolute Gasteiger partial charge is 0.119 e. The molecule has 0 radical (unpaired) electrons. The number of aliphatic hydroxyl groups is 1. The van der Waals surface area contributed by atoms with E-state index in [1.54, 1.807) is 0 Å². The minimum absolute atomic E-state index is 0.141. The summed E-state index contributed by atoms with van der Waals surface area (Å²) >= 11 is 0. The Labute approximate surface area is 127 Å². The Bertz CT molecular complexity index is 408. The average molecular weight is 292 g/mol. The predicted octanol–water partition coefficient (Wildman–Crippen LogP) is 2.23.